The smallest absolute Gasteiger partial charge is 0.270 e. The molecule has 0 saturated carbocycles. The molecule has 2 rings (SSSR count). The Kier molecular flexibility index (Phi) is 3.61. The van der Waals surface area contributed by atoms with Gasteiger partial charge in [-0.2, -0.15) is 0 Å². The number of hydrogen-bond acceptors (Lipinski definition) is 5. The summed E-state index contributed by atoms with van der Waals surface area (Å²) in [5.74, 6) is 0.483. The van der Waals surface area contributed by atoms with Crippen LogP contribution in [0.1, 0.15) is 6.42 Å². The summed E-state index contributed by atoms with van der Waals surface area (Å²) in [6, 6.07) is 4.36. The Bertz CT molecular complexity index is 576. The fraction of sp³-hybridized carbons (Fsp3) is 0.273. The molecule has 0 bridgehead atoms. The lowest BCUT2D eigenvalue weighted by molar-refractivity contribution is -0.384. The minimum atomic E-state index is -0.474. The van der Waals surface area contributed by atoms with E-state index in [9.17, 15) is 14.5 Å². The number of nitrogens with one attached hydrogen (secondary N) is 1. The third-order valence-corrected chi connectivity index (χ3v) is 2.43. The summed E-state index contributed by atoms with van der Waals surface area (Å²) in [7, 11) is 0. The van der Waals surface area contributed by atoms with Crippen molar-refractivity contribution in [3.05, 3.63) is 34.6 Å². The van der Waals surface area contributed by atoms with Gasteiger partial charge in [0.15, 0.2) is 0 Å². The SMILES string of the molecule is O=[N+]([O-])c1ccc2ncnc(NCCCF)c2c1. The van der Waals surface area contributed by atoms with E-state index in [1.165, 1.54) is 18.5 Å². The highest BCUT2D eigenvalue weighted by Crippen LogP contribution is 2.24. The first-order chi connectivity index (χ1) is 8.72. The topological polar surface area (TPSA) is 81.0 Å². The number of nitrogens with zero attached hydrogens (tertiary/aromatic N) is 3. The largest absolute Gasteiger partial charge is 0.369 e. The van der Waals surface area contributed by atoms with Crippen molar-refractivity contribution in [2.24, 2.45) is 0 Å². The van der Waals surface area contributed by atoms with E-state index in [4.69, 9.17) is 0 Å². The maximum absolute atomic E-state index is 12.0. The van der Waals surface area contributed by atoms with E-state index in [1.54, 1.807) is 6.07 Å². The predicted octanol–water partition coefficient (Wildman–Crippen LogP) is 2.31. The number of aromatic nitrogens is 2. The molecular weight excluding hydrogens is 239 g/mol. The van der Waals surface area contributed by atoms with Gasteiger partial charge < -0.3 is 5.32 Å². The lowest BCUT2D eigenvalue weighted by atomic mass is 10.2. The van der Waals surface area contributed by atoms with Crippen LogP contribution in [0.25, 0.3) is 10.9 Å². The highest BCUT2D eigenvalue weighted by atomic mass is 19.1. The monoisotopic (exact) mass is 250 g/mol. The number of benzene rings is 1. The van der Waals surface area contributed by atoms with Gasteiger partial charge in [-0.25, -0.2) is 9.97 Å². The molecule has 2 aromatic rings. The molecule has 0 aliphatic heterocycles. The van der Waals surface area contributed by atoms with Crippen LogP contribution >= 0.6 is 0 Å². The van der Waals surface area contributed by atoms with Crippen LogP contribution in [0.2, 0.25) is 0 Å². The van der Waals surface area contributed by atoms with Crippen molar-refractivity contribution in [2.75, 3.05) is 18.5 Å². The minimum absolute atomic E-state index is 0.0224. The molecular formula is C11H11FN4O2. The van der Waals surface area contributed by atoms with E-state index in [-0.39, 0.29) is 5.69 Å². The molecule has 1 N–H and O–H groups in total. The van der Waals surface area contributed by atoms with Crippen molar-refractivity contribution in [1.29, 1.82) is 0 Å². The molecule has 0 radical (unpaired) electrons. The van der Waals surface area contributed by atoms with Gasteiger partial charge in [-0.15, -0.1) is 0 Å². The number of hydrogen-bond donors (Lipinski definition) is 1. The van der Waals surface area contributed by atoms with Crippen LogP contribution in [0.15, 0.2) is 24.5 Å². The molecule has 0 saturated heterocycles. The number of alkyl halides is 1. The average Bonchev–Trinajstić information content (AvgIpc) is 2.38. The van der Waals surface area contributed by atoms with E-state index >= 15 is 0 Å². The van der Waals surface area contributed by atoms with Gasteiger partial charge in [-0.3, -0.25) is 14.5 Å². The Morgan fingerprint density at radius 1 is 1.39 bits per heavy atom. The molecule has 1 aromatic carbocycles. The molecule has 0 aliphatic carbocycles. The first-order valence-corrected chi connectivity index (χ1v) is 5.41. The molecule has 94 valence electrons. The van der Waals surface area contributed by atoms with Gasteiger partial charge in [0.25, 0.3) is 5.69 Å². The Hall–Kier alpha value is -2.31. The highest BCUT2D eigenvalue weighted by molar-refractivity contribution is 5.90. The molecule has 18 heavy (non-hydrogen) atoms. The number of non-ortho nitro benzene ring substituents is 1. The van der Waals surface area contributed by atoms with Crippen LogP contribution in [-0.2, 0) is 0 Å². The molecule has 0 fully saturated rings. The summed E-state index contributed by atoms with van der Waals surface area (Å²) in [6.07, 6.45) is 1.73. The molecule has 7 heteroatoms. The van der Waals surface area contributed by atoms with Crippen molar-refractivity contribution in [3.63, 3.8) is 0 Å². The number of nitro benzene ring substituents is 1. The van der Waals surface area contributed by atoms with Crippen LogP contribution < -0.4 is 5.32 Å². The summed E-state index contributed by atoms with van der Waals surface area (Å²) in [5.41, 5.74) is 0.587. The van der Waals surface area contributed by atoms with Gasteiger partial charge in [-0.1, -0.05) is 0 Å². The van der Waals surface area contributed by atoms with Crippen molar-refractivity contribution in [2.45, 2.75) is 6.42 Å². The number of rotatable bonds is 5. The molecule has 0 aliphatic rings. The summed E-state index contributed by atoms with van der Waals surface area (Å²) < 4.78 is 12.0. The highest BCUT2D eigenvalue weighted by Gasteiger charge is 2.10. The van der Waals surface area contributed by atoms with Crippen molar-refractivity contribution >= 4 is 22.4 Å². The van der Waals surface area contributed by atoms with Crippen LogP contribution in [0, 0.1) is 10.1 Å². The molecule has 0 unspecified atom stereocenters. The summed E-state index contributed by atoms with van der Waals surface area (Å²) in [5, 5.41) is 14.2. The second-order valence-electron chi connectivity index (χ2n) is 3.65. The quantitative estimate of drug-likeness (QED) is 0.500. The number of halogens is 1. The molecule has 0 amide bonds. The summed E-state index contributed by atoms with van der Waals surface area (Å²) in [6.45, 7) is 0.00146. The summed E-state index contributed by atoms with van der Waals surface area (Å²) in [4.78, 5) is 18.3. The van der Waals surface area contributed by atoms with Crippen molar-refractivity contribution in [3.8, 4) is 0 Å². The van der Waals surface area contributed by atoms with Gasteiger partial charge in [0.1, 0.15) is 12.1 Å². The standard InChI is InChI=1S/C11H11FN4O2/c12-4-1-5-13-11-9-6-8(16(17)18)2-3-10(9)14-7-15-11/h2-3,6-7H,1,4-5H2,(H,13,14,15). The molecule has 1 aromatic heterocycles. The van der Waals surface area contributed by atoms with E-state index in [2.05, 4.69) is 15.3 Å². The average molecular weight is 250 g/mol. The van der Waals surface area contributed by atoms with E-state index in [1.807, 2.05) is 0 Å². The minimum Gasteiger partial charge on any atom is -0.369 e. The molecule has 0 atom stereocenters. The Morgan fingerprint density at radius 3 is 2.94 bits per heavy atom. The van der Waals surface area contributed by atoms with Crippen LogP contribution in [0.3, 0.4) is 0 Å². The zero-order valence-corrected chi connectivity index (χ0v) is 9.47. The molecule has 0 spiro atoms. The van der Waals surface area contributed by atoms with Gasteiger partial charge >= 0.3 is 0 Å². The van der Waals surface area contributed by atoms with Crippen molar-refractivity contribution in [1.82, 2.24) is 9.97 Å². The van der Waals surface area contributed by atoms with Gasteiger partial charge in [0.05, 0.1) is 17.1 Å². The zero-order valence-electron chi connectivity index (χ0n) is 9.47. The fourth-order valence-corrected chi connectivity index (χ4v) is 1.57. The summed E-state index contributed by atoms with van der Waals surface area (Å²) >= 11 is 0. The third-order valence-electron chi connectivity index (χ3n) is 2.43. The van der Waals surface area contributed by atoms with Gasteiger partial charge in [0, 0.05) is 24.1 Å². The second-order valence-corrected chi connectivity index (χ2v) is 3.65. The van der Waals surface area contributed by atoms with Crippen LogP contribution in [0.4, 0.5) is 15.9 Å². The maximum Gasteiger partial charge on any atom is 0.270 e. The zero-order chi connectivity index (χ0) is 13.0. The van der Waals surface area contributed by atoms with Crippen LogP contribution in [-0.4, -0.2) is 28.1 Å². The Balaban J connectivity index is 2.39. The first-order valence-electron chi connectivity index (χ1n) is 5.41. The first kappa shape index (κ1) is 12.2. The van der Waals surface area contributed by atoms with E-state index < -0.39 is 11.6 Å². The lowest BCUT2D eigenvalue weighted by Crippen LogP contribution is -2.05. The second kappa shape index (κ2) is 5.35. The fourth-order valence-electron chi connectivity index (χ4n) is 1.57. The van der Waals surface area contributed by atoms with Crippen LogP contribution in [0.5, 0.6) is 0 Å². The van der Waals surface area contributed by atoms with Gasteiger partial charge in [-0.05, 0) is 12.5 Å². The van der Waals surface area contributed by atoms with E-state index in [0.29, 0.717) is 29.7 Å². The number of fused-ring (bicyclic) bond motifs is 1. The normalized spacial score (nSPS) is 10.5. The maximum atomic E-state index is 12.0. The van der Waals surface area contributed by atoms with E-state index in [0.717, 1.165) is 0 Å². The Labute approximate surface area is 102 Å². The Morgan fingerprint density at radius 2 is 2.22 bits per heavy atom. The lowest BCUT2D eigenvalue weighted by Gasteiger charge is -2.06. The third kappa shape index (κ3) is 2.50. The molecule has 6 nitrogen and oxygen atoms in total. The van der Waals surface area contributed by atoms with Gasteiger partial charge in [0.2, 0.25) is 0 Å². The number of anilines is 1. The van der Waals surface area contributed by atoms with Crippen molar-refractivity contribution < 1.29 is 9.31 Å². The predicted molar refractivity (Wildman–Crippen MR) is 65.3 cm³/mol. The molecule has 1 heterocycles. The number of nitro groups is 1.